The Labute approximate surface area is 112 Å². The zero-order chi connectivity index (χ0) is 13.3. The van der Waals surface area contributed by atoms with Crippen LogP contribution in [0.4, 0.5) is 10.1 Å². The molecule has 104 valence electrons. The van der Waals surface area contributed by atoms with E-state index in [4.69, 9.17) is 4.74 Å². The van der Waals surface area contributed by atoms with E-state index in [9.17, 15) is 9.50 Å². The fourth-order valence-electron chi connectivity index (χ4n) is 3.32. The zero-order valence-electron chi connectivity index (χ0n) is 10.9. The first-order valence-corrected chi connectivity index (χ1v) is 7.04. The van der Waals surface area contributed by atoms with Crippen molar-refractivity contribution in [3.05, 3.63) is 30.1 Å². The quantitative estimate of drug-likeness (QED) is 0.864. The highest BCUT2D eigenvalue weighted by Crippen LogP contribution is 2.39. The highest BCUT2D eigenvalue weighted by molar-refractivity contribution is 5.44. The molecule has 3 nitrogen and oxygen atoms in total. The SMILES string of the molecule is OC12CCCO[C@@H]1CCC[C@H]2Nc1ccc(F)cc1. The molecule has 1 aliphatic heterocycles. The Kier molecular flexibility index (Phi) is 3.46. The number of fused-ring (bicyclic) bond motifs is 1. The largest absolute Gasteiger partial charge is 0.385 e. The minimum Gasteiger partial charge on any atom is -0.385 e. The van der Waals surface area contributed by atoms with Crippen LogP contribution in [0.5, 0.6) is 0 Å². The predicted molar refractivity (Wildman–Crippen MR) is 71.6 cm³/mol. The summed E-state index contributed by atoms with van der Waals surface area (Å²) in [6, 6.07) is 6.28. The number of hydrogen-bond donors (Lipinski definition) is 2. The molecule has 1 heterocycles. The molecule has 3 atom stereocenters. The van der Waals surface area contributed by atoms with E-state index in [1.807, 2.05) is 0 Å². The average Bonchev–Trinajstić information content (AvgIpc) is 2.42. The van der Waals surface area contributed by atoms with Crippen LogP contribution >= 0.6 is 0 Å². The second-order valence-electron chi connectivity index (χ2n) is 5.59. The van der Waals surface area contributed by atoms with Gasteiger partial charge in [-0.3, -0.25) is 0 Å². The third-order valence-electron chi connectivity index (χ3n) is 4.35. The number of nitrogens with one attached hydrogen (secondary N) is 1. The molecule has 1 aliphatic carbocycles. The van der Waals surface area contributed by atoms with Gasteiger partial charge in [0, 0.05) is 12.3 Å². The van der Waals surface area contributed by atoms with E-state index >= 15 is 0 Å². The minimum atomic E-state index is -0.787. The van der Waals surface area contributed by atoms with Crippen molar-refractivity contribution in [2.45, 2.75) is 49.9 Å². The molecule has 0 bridgehead atoms. The number of aliphatic hydroxyl groups is 1. The van der Waals surface area contributed by atoms with Crippen molar-refractivity contribution in [1.82, 2.24) is 0 Å². The van der Waals surface area contributed by atoms with E-state index < -0.39 is 5.60 Å². The van der Waals surface area contributed by atoms with E-state index in [0.29, 0.717) is 0 Å². The lowest BCUT2D eigenvalue weighted by molar-refractivity contribution is -0.168. The molecule has 4 heteroatoms. The Balaban J connectivity index is 1.77. The molecule has 1 aromatic carbocycles. The molecule has 0 radical (unpaired) electrons. The first kappa shape index (κ1) is 12.9. The molecule has 0 aromatic heterocycles. The van der Waals surface area contributed by atoms with Gasteiger partial charge in [0.15, 0.2) is 0 Å². The van der Waals surface area contributed by atoms with Crippen molar-refractivity contribution in [3.8, 4) is 0 Å². The van der Waals surface area contributed by atoms with Gasteiger partial charge >= 0.3 is 0 Å². The van der Waals surface area contributed by atoms with Gasteiger partial charge in [0.25, 0.3) is 0 Å². The Morgan fingerprint density at radius 3 is 2.79 bits per heavy atom. The molecule has 3 rings (SSSR count). The van der Waals surface area contributed by atoms with E-state index in [0.717, 1.165) is 44.4 Å². The smallest absolute Gasteiger partial charge is 0.123 e. The number of halogens is 1. The maximum Gasteiger partial charge on any atom is 0.123 e. The zero-order valence-corrected chi connectivity index (χ0v) is 10.9. The predicted octanol–water partition coefficient (Wildman–Crippen LogP) is 2.70. The molecule has 1 saturated heterocycles. The third kappa shape index (κ3) is 2.47. The fourth-order valence-corrected chi connectivity index (χ4v) is 3.32. The van der Waals surface area contributed by atoms with Crippen LogP contribution in [-0.2, 0) is 4.74 Å². The third-order valence-corrected chi connectivity index (χ3v) is 4.35. The summed E-state index contributed by atoms with van der Waals surface area (Å²) in [6.45, 7) is 0.746. The fraction of sp³-hybridized carbons (Fsp3) is 0.600. The number of benzene rings is 1. The van der Waals surface area contributed by atoms with Crippen molar-refractivity contribution in [2.75, 3.05) is 11.9 Å². The van der Waals surface area contributed by atoms with Gasteiger partial charge in [0.1, 0.15) is 11.4 Å². The van der Waals surface area contributed by atoms with Crippen LogP contribution < -0.4 is 5.32 Å². The number of hydrogen-bond acceptors (Lipinski definition) is 3. The molecule has 2 N–H and O–H groups in total. The molecular formula is C15H20FNO2. The molecule has 1 aromatic rings. The van der Waals surface area contributed by atoms with Gasteiger partial charge in [0.05, 0.1) is 12.1 Å². The van der Waals surface area contributed by atoms with Gasteiger partial charge in [-0.2, -0.15) is 0 Å². The van der Waals surface area contributed by atoms with E-state index in [1.54, 1.807) is 12.1 Å². The molecule has 0 spiro atoms. The Morgan fingerprint density at radius 2 is 2.00 bits per heavy atom. The highest BCUT2D eigenvalue weighted by atomic mass is 19.1. The van der Waals surface area contributed by atoms with Crippen LogP contribution in [0, 0.1) is 5.82 Å². The summed E-state index contributed by atoms with van der Waals surface area (Å²) in [5.41, 5.74) is 0.0660. The van der Waals surface area contributed by atoms with E-state index in [-0.39, 0.29) is 18.0 Å². The number of anilines is 1. The molecule has 1 unspecified atom stereocenters. The topological polar surface area (TPSA) is 41.5 Å². The summed E-state index contributed by atoms with van der Waals surface area (Å²) in [5.74, 6) is -0.244. The summed E-state index contributed by atoms with van der Waals surface area (Å²) in [4.78, 5) is 0. The average molecular weight is 265 g/mol. The summed E-state index contributed by atoms with van der Waals surface area (Å²) in [7, 11) is 0. The minimum absolute atomic E-state index is 0.0167. The first-order chi connectivity index (χ1) is 9.18. The molecule has 0 amide bonds. The Morgan fingerprint density at radius 1 is 1.21 bits per heavy atom. The van der Waals surface area contributed by atoms with Gasteiger partial charge in [-0.1, -0.05) is 0 Å². The van der Waals surface area contributed by atoms with Crippen molar-refractivity contribution in [1.29, 1.82) is 0 Å². The summed E-state index contributed by atoms with van der Waals surface area (Å²) >= 11 is 0. The Hall–Kier alpha value is -1.13. The molecular weight excluding hydrogens is 245 g/mol. The maximum atomic E-state index is 12.9. The normalized spacial score (nSPS) is 34.6. The maximum absolute atomic E-state index is 12.9. The van der Waals surface area contributed by atoms with Crippen molar-refractivity contribution in [3.63, 3.8) is 0 Å². The van der Waals surface area contributed by atoms with Crippen LogP contribution in [0.2, 0.25) is 0 Å². The lowest BCUT2D eigenvalue weighted by Gasteiger charge is -2.48. The standard InChI is InChI=1S/C15H20FNO2/c16-11-5-7-12(8-6-11)17-13-3-1-4-14-15(13,18)9-2-10-19-14/h5-8,13-14,17-18H,1-4,9-10H2/t13-,14-,15?/m1/s1. The first-order valence-electron chi connectivity index (χ1n) is 7.04. The van der Waals surface area contributed by atoms with Gasteiger partial charge in [-0.05, 0) is 56.4 Å². The second-order valence-corrected chi connectivity index (χ2v) is 5.59. The van der Waals surface area contributed by atoms with Crippen molar-refractivity contribution >= 4 is 5.69 Å². The summed E-state index contributed by atoms with van der Waals surface area (Å²) < 4.78 is 18.6. The van der Waals surface area contributed by atoms with Crippen LogP contribution in [0.3, 0.4) is 0 Å². The summed E-state index contributed by atoms with van der Waals surface area (Å²) in [5, 5.41) is 14.3. The van der Waals surface area contributed by atoms with Crippen LogP contribution in [0.15, 0.2) is 24.3 Å². The molecule has 19 heavy (non-hydrogen) atoms. The summed E-state index contributed by atoms with van der Waals surface area (Å²) in [6.07, 6.45) is 4.51. The van der Waals surface area contributed by atoms with Gasteiger partial charge < -0.3 is 15.2 Å². The van der Waals surface area contributed by atoms with Gasteiger partial charge in [-0.25, -0.2) is 4.39 Å². The molecule has 1 saturated carbocycles. The lowest BCUT2D eigenvalue weighted by atomic mass is 9.74. The number of rotatable bonds is 2. The Bertz CT molecular complexity index is 434. The van der Waals surface area contributed by atoms with Gasteiger partial charge in [-0.15, -0.1) is 0 Å². The lowest BCUT2D eigenvalue weighted by Crippen LogP contribution is -2.60. The van der Waals surface area contributed by atoms with Crippen molar-refractivity contribution in [2.24, 2.45) is 0 Å². The molecule has 2 aliphatic rings. The van der Waals surface area contributed by atoms with E-state index in [1.165, 1.54) is 12.1 Å². The molecule has 2 fully saturated rings. The van der Waals surface area contributed by atoms with E-state index in [2.05, 4.69) is 5.32 Å². The monoisotopic (exact) mass is 265 g/mol. The van der Waals surface area contributed by atoms with Crippen LogP contribution in [-0.4, -0.2) is 29.5 Å². The van der Waals surface area contributed by atoms with Crippen LogP contribution in [0.1, 0.15) is 32.1 Å². The van der Waals surface area contributed by atoms with Gasteiger partial charge in [0.2, 0.25) is 0 Å². The van der Waals surface area contributed by atoms with Crippen LogP contribution in [0.25, 0.3) is 0 Å². The number of ether oxygens (including phenoxy) is 1. The second kappa shape index (κ2) is 5.10. The van der Waals surface area contributed by atoms with Crippen molar-refractivity contribution < 1.29 is 14.2 Å². The highest BCUT2D eigenvalue weighted by Gasteiger charge is 2.48.